The molecule has 0 aromatic carbocycles. The summed E-state index contributed by atoms with van der Waals surface area (Å²) in [5.41, 5.74) is -0.879. The smallest absolute Gasteiger partial charge is 0.315 e. The maximum absolute atomic E-state index is 12.5. The monoisotopic (exact) mass is 166 g/mol. The SMILES string of the molecule is CC(C)(C(=O)O)/C(F)=C/Cl. The van der Waals surface area contributed by atoms with E-state index in [9.17, 15) is 9.18 Å². The maximum Gasteiger partial charge on any atom is 0.315 e. The Hall–Kier alpha value is -0.570. The van der Waals surface area contributed by atoms with Crippen molar-refractivity contribution >= 4 is 17.6 Å². The van der Waals surface area contributed by atoms with E-state index in [2.05, 4.69) is 0 Å². The van der Waals surface area contributed by atoms with Crippen LogP contribution in [0.1, 0.15) is 13.8 Å². The number of hydrogen-bond donors (Lipinski definition) is 1. The molecule has 2 nitrogen and oxygen atoms in total. The van der Waals surface area contributed by atoms with E-state index in [1.54, 1.807) is 0 Å². The molecule has 0 atom stereocenters. The molecule has 58 valence electrons. The number of hydrogen-bond acceptors (Lipinski definition) is 1. The van der Waals surface area contributed by atoms with Crippen molar-refractivity contribution in [3.63, 3.8) is 0 Å². The summed E-state index contributed by atoms with van der Waals surface area (Å²) in [5, 5.41) is 8.40. The third kappa shape index (κ3) is 1.70. The first kappa shape index (κ1) is 9.43. The molecule has 0 bridgehead atoms. The van der Waals surface area contributed by atoms with Gasteiger partial charge in [-0.1, -0.05) is 11.6 Å². The molecule has 0 aliphatic rings. The molecular formula is C6H8ClFO2. The second-order valence-electron chi connectivity index (χ2n) is 2.39. The van der Waals surface area contributed by atoms with E-state index in [0.29, 0.717) is 5.54 Å². The Kier molecular flexibility index (Phi) is 2.84. The third-order valence-electron chi connectivity index (χ3n) is 1.23. The molecule has 0 aliphatic heterocycles. The van der Waals surface area contributed by atoms with E-state index < -0.39 is 17.2 Å². The predicted molar refractivity (Wildman–Crippen MR) is 36.5 cm³/mol. The second-order valence-corrected chi connectivity index (χ2v) is 2.61. The van der Waals surface area contributed by atoms with Crippen LogP contribution in [0.3, 0.4) is 0 Å². The highest BCUT2D eigenvalue weighted by Gasteiger charge is 2.32. The standard InChI is InChI=1S/C6H8ClFO2/c1-6(2,5(9)10)4(8)3-7/h3H,1-2H3,(H,9,10)/b4-3-. The van der Waals surface area contributed by atoms with Gasteiger partial charge in [-0.05, 0) is 13.8 Å². The summed E-state index contributed by atoms with van der Waals surface area (Å²) in [4.78, 5) is 10.3. The molecule has 4 heteroatoms. The molecule has 0 aromatic rings. The van der Waals surface area contributed by atoms with Gasteiger partial charge >= 0.3 is 5.97 Å². The van der Waals surface area contributed by atoms with Crippen LogP contribution in [0.2, 0.25) is 0 Å². The second kappa shape index (κ2) is 3.01. The fourth-order valence-corrected chi connectivity index (χ4v) is 0.511. The van der Waals surface area contributed by atoms with Gasteiger partial charge in [-0.2, -0.15) is 0 Å². The van der Waals surface area contributed by atoms with Gasteiger partial charge < -0.3 is 5.11 Å². The zero-order valence-electron chi connectivity index (χ0n) is 5.69. The van der Waals surface area contributed by atoms with Gasteiger partial charge in [0.1, 0.15) is 11.2 Å². The van der Waals surface area contributed by atoms with Gasteiger partial charge in [-0.25, -0.2) is 4.39 Å². The van der Waals surface area contributed by atoms with Crippen LogP contribution >= 0.6 is 11.6 Å². The molecule has 0 rings (SSSR count). The van der Waals surface area contributed by atoms with Crippen LogP contribution in [0.15, 0.2) is 11.4 Å². The quantitative estimate of drug-likeness (QED) is 0.683. The Morgan fingerprint density at radius 1 is 1.70 bits per heavy atom. The minimum atomic E-state index is -1.51. The van der Waals surface area contributed by atoms with Gasteiger partial charge in [0.2, 0.25) is 0 Å². The Morgan fingerprint density at radius 2 is 2.10 bits per heavy atom. The zero-order valence-corrected chi connectivity index (χ0v) is 6.44. The summed E-state index contributed by atoms with van der Waals surface area (Å²) >= 11 is 4.98. The molecule has 10 heavy (non-hydrogen) atoms. The molecule has 0 amide bonds. The van der Waals surface area contributed by atoms with Crippen LogP contribution in [0, 0.1) is 5.41 Å². The lowest BCUT2D eigenvalue weighted by molar-refractivity contribution is -0.145. The third-order valence-corrected chi connectivity index (χ3v) is 1.42. The molecular weight excluding hydrogens is 159 g/mol. The number of carboxylic acids is 1. The van der Waals surface area contributed by atoms with Crippen molar-refractivity contribution < 1.29 is 14.3 Å². The number of carboxylic acid groups (broad SMARTS) is 1. The van der Waals surface area contributed by atoms with E-state index in [-0.39, 0.29) is 0 Å². The minimum Gasteiger partial charge on any atom is -0.481 e. The highest BCUT2D eigenvalue weighted by atomic mass is 35.5. The normalized spacial score (nSPS) is 13.4. The van der Waals surface area contributed by atoms with Crippen molar-refractivity contribution in [1.82, 2.24) is 0 Å². The van der Waals surface area contributed by atoms with Crippen LogP contribution in [0.5, 0.6) is 0 Å². The molecule has 0 aromatic heterocycles. The first-order valence-corrected chi connectivity index (χ1v) is 3.06. The maximum atomic E-state index is 12.5. The lowest BCUT2D eigenvalue weighted by Crippen LogP contribution is -2.23. The molecule has 0 spiro atoms. The zero-order chi connectivity index (χ0) is 8.36. The summed E-state index contributed by atoms with van der Waals surface area (Å²) in [7, 11) is 0. The predicted octanol–water partition coefficient (Wildman–Crippen LogP) is 2.15. The van der Waals surface area contributed by atoms with Crippen molar-refractivity contribution in [3.8, 4) is 0 Å². The van der Waals surface area contributed by atoms with Crippen molar-refractivity contribution in [2.24, 2.45) is 5.41 Å². The minimum absolute atomic E-state index is 0.633. The lowest BCUT2D eigenvalue weighted by Gasteiger charge is -2.14. The van der Waals surface area contributed by atoms with E-state index in [0.717, 1.165) is 0 Å². The van der Waals surface area contributed by atoms with Crippen LogP contribution in [-0.4, -0.2) is 11.1 Å². The molecule has 0 radical (unpaired) electrons. The highest BCUT2D eigenvalue weighted by Crippen LogP contribution is 2.27. The van der Waals surface area contributed by atoms with Gasteiger partial charge in [0, 0.05) is 5.54 Å². The van der Waals surface area contributed by atoms with Crippen LogP contribution in [0.25, 0.3) is 0 Å². The van der Waals surface area contributed by atoms with Gasteiger partial charge in [0.15, 0.2) is 0 Å². The number of rotatable bonds is 2. The summed E-state index contributed by atoms with van der Waals surface area (Å²) in [6.45, 7) is 2.48. The highest BCUT2D eigenvalue weighted by molar-refractivity contribution is 6.25. The average Bonchev–Trinajstić information content (AvgIpc) is 1.86. The van der Waals surface area contributed by atoms with Crippen molar-refractivity contribution in [2.75, 3.05) is 0 Å². The summed E-state index contributed by atoms with van der Waals surface area (Å²) in [6.07, 6.45) is 0. The molecule has 0 aliphatic carbocycles. The average molecular weight is 167 g/mol. The Bertz CT molecular complexity index is 175. The fourth-order valence-electron chi connectivity index (χ4n) is 0.239. The molecule has 0 saturated carbocycles. The van der Waals surface area contributed by atoms with Crippen LogP contribution < -0.4 is 0 Å². The largest absolute Gasteiger partial charge is 0.481 e. The van der Waals surface area contributed by atoms with Crippen molar-refractivity contribution in [2.45, 2.75) is 13.8 Å². The lowest BCUT2D eigenvalue weighted by atomic mass is 9.93. The van der Waals surface area contributed by atoms with Crippen molar-refractivity contribution in [3.05, 3.63) is 11.4 Å². The molecule has 1 N–H and O–H groups in total. The van der Waals surface area contributed by atoms with Gasteiger partial charge in [-0.3, -0.25) is 4.79 Å². The Labute approximate surface area is 63.3 Å². The summed E-state index contributed by atoms with van der Waals surface area (Å²) < 4.78 is 12.5. The number of carbonyl (C=O) groups is 1. The Morgan fingerprint density at radius 3 is 2.20 bits per heavy atom. The molecule has 0 fully saturated rings. The molecule has 0 saturated heterocycles. The number of halogens is 2. The van der Waals surface area contributed by atoms with Crippen LogP contribution in [-0.2, 0) is 4.79 Å². The first-order valence-electron chi connectivity index (χ1n) is 2.62. The van der Waals surface area contributed by atoms with Gasteiger partial charge in [0.25, 0.3) is 0 Å². The fraction of sp³-hybridized carbons (Fsp3) is 0.500. The van der Waals surface area contributed by atoms with E-state index >= 15 is 0 Å². The van der Waals surface area contributed by atoms with Crippen LogP contribution in [0.4, 0.5) is 4.39 Å². The first-order chi connectivity index (χ1) is 4.42. The molecule has 0 unspecified atom stereocenters. The Balaban J connectivity index is 4.56. The van der Waals surface area contributed by atoms with Crippen molar-refractivity contribution in [1.29, 1.82) is 0 Å². The summed E-state index contributed by atoms with van der Waals surface area (Å²) in [5.74, 6) is -2.08. The topological polar surface area (TPSA) is 37.3 Å². The van der Waals surface area contributed by atoms with E-state index in [1.807, 2.05) is 0 Å². The summed E-state index contributed by atoms with van der Waals surface area (Å²) in [6, 6.07) is 0. The number of aliphatic carboxylic acids is 1. The van der Waals surface area contributed by atoms with Gasteiger partial charge in [0.05, 0.1) is 0 Å². The molecule has 0 heterocycles. The van der Waals surface area contributed by atoms with E-state index in [1.165, 1.54) is 13.8 Å². The van der Waals surface area contributed by atoms with E-state index in [4.69, 9.17) is 16.7 Å². The van der Waals surface area contributed by atoms with Gasteiger partial charge in [-0.15, -0.1) is 0 Å².